The van der Waals surface area contributed by atoms with E-state index in [1.165, 1.54) is 6.07 Å². The van der Waals surface area contributed by atoms with Gasteiger partial charge >= 0.3 is 12.3 Å². The average Bonchev–Trinajstić information content (AvgIpc) is 2.66. The molecule has 0 spiro atoms. The number of alkyl halides is 4. The maximum Gasteiger partial charge on any atom is 0.324 e. The van der Waals surface area contributed by atoms with Crippen molar-refractivity contribution in [2.45, 2.75) is 12.3 Å². The summed E-state index contributed by atoms with van der Waals surface area (Å²) >= 11 is 1.05. The summed E-state index contributed by atoms with van der Waals surface area (Å²) < 4.78 is 48.2. The van der Waals surface area contributed by atoms with E-state index in [0.717, 1.165) is 11.3 Å². The molecular formula is C8H7F4NOS. The molecular weight excluding hydrogens is 234 g/mol. The Morgan fingerprint density at radius 1 is 1.53 bits per heavy atom. The van der Waals surface area contributed by atoms with Gasteiger partial charge in [-0.2, -0.15) is 8.78 Å². The van der Waals surface area contributed by atoms with Gasteiger partial charge in [-0.25, -0.2) is 8.78 Å². The molecule has 1 heterocycles. The molecule has 0 aliphatic rings. The molecule has 1 aromatic heterocycles. The maximum absolute atomic E-state index is 12.4. The van der Waals surface area contributed by atoms with E-state index >= 15 is 0 Å². The highest BCUT2D eigenvalue weighted by Crippen LogP contribution is 2.21. The Bertz CT molecular complexity index is 325. The fraction of sp³-hybridized carbons (Fsp3) is 0.375. The first kappa shape index (κ1) is 12.0. The molecule has 84 valence electrons. The quantitative estimate of drug-likeness (QED) is 0.806. The highest BCUT2D eigenvalue weighted by Gasteiger charge is 2.40. The monoisotopic (exact) mass is 241 g/mol. The summed E-state index contributed by atoms with van der Waals surface area (Å²) in [6.07, 6.45) is -3.78. The van der Waals surface area contributed by atoms with Gasteiger partial charge in [0.1, 0.15) is 0 Å². The molecule has 0 unspecified atom stereocenters. The van der Waals surface area contributed by atoms with Crippen LogP contribution in [0.3, 0.4) is 0 Å². The number of halogens is 4. The minimum Gasteiger partial charge on any atom is -0.345 e. The number of hydrogen-bond donors (Lipinski definition) is 1. The third-order valence-corrected chi connectivity index (χ3v) is 2.42. The number of rotatable bonds is 4. The minimum absolute atomic E-state index is 0.208. The second kappa shape index (κ2) is 4.61. The van der Waals surface area contributed by atoms with Gasteiger partial charge in [0.2, 0.25) is 0 Å². The van der Waals surface area contributed by atoms with E-state index in [1.54, 1.807) is 16.8 Å². The van der Waals surface area contributed by atoms with Crippen LogP contribution in [-0.2, 0) is 0 Å². The zero-order valence-electron chi connectivity index (χ0n) is 7.34. The van der Waals surface area contributed by atoms with E-state index in [4.69, 9.17) is 0 Å². The van der Waals surface area contributed by atoms with Gasteiger partial charge in [0.25, 0.3) is 5.91 Å². The Kier molecular flexibility index (Phi) is 3.67. The third kappa shape index (κ3) is 3.19. The smallest absolute Gasteiger partial charge is 0.324 e. The van der Waals surface area contributed by atoms with Crippen molar-refractivity contribution in [2.24, 2.45) is 0 Å². The molecule has 0 saturated heterocycles. The molecule has 2 nitrogen and oxygen atoms in total. The van der Waals surface area contributed by atoms with Crippen molar-refractivity contribution < 1.29 is 22.4 Å². The molecule has 0 saturated carbocycles. The highest BCUT2D eigenvalue weighted by atomic mass is 32.1. The van der Waals surface area contributed by atoms with Gasteiger partial charge in [0.05, 0.1) is 11.4 Å². The molecule has 15 heavy (non-hydrogen) atoms. The Labute approximate surface area is 86.9 Å². The molecule has 0 bridgehead atoms. The lowest BCUT2D eigenvalue weighted by atomic mass is 10.3. The summed E-state index contributed by atoms with van der Waals surface area (Å²) in [5, 5.41) is 3.33. The molecule has 0 fully saturated rings. The summed E-state index contributed by atoms with van der Waals surface area (Å²) in [6, 6.07) is 2.98. The first-order valence-corrected chi connectivity index (χ1v) is 4.79. The van der Waals surface area contributed by atoms with Crippen molar-refractivity contribution in [1.29, 1.82) is 0 Å². The number of carbonyl (C=O) groups is 1. The van der Waals surface area contributed by atoms with Crippen LogP contribution >= 0.6 is 11.3 Å². The first-order valence-electron chi connectivity index (χ1n) is 3.91. The Hall–Kier alpha value is -1.11. The highest BCUT2D eigenvalue weighted by molar-refractivity contribution is 7.12. The van der Waals surface area contributed by atoms with Crippen molar-refractivity contribution in [3.8, 4) is 0 Å². The van der Waals surface area contributed by atoms with Gasteiger partial charge in [-0.3, -0.25) is 4.79 Å². The van der Waals surface area contributed by atoms with Gasteiger partial charge < -0.3 is 5.32 Å². The SMILES string of the molecule is O=C(NCC(F)(F)C(F)F)c1cccs1. The van der Waals surface area contributed by atoms with E-state index in [2.05, 4.69) is 0 Å². The summed E-state index contributed by atoms with van der Waals surface area (Å²) in [5.74, 6) is -4.96. The van der Waals surface area contributed by atoms with Crippen LogP contribution in [0.15, 0.2) is 17.5 Å². The number of nitrogens with one attached hydrogen (secondary N) is 1. The lowest BCUT2D eigenvalue weighted by molar-refractivity contribution is -0.123. The topological polar surface area (TPSA) is 29.1 Å². The number of hydrogen-bond acceptors (Lipinski definition) is 2. The number of carbonyl (C=O) groups excluding carboxylic acids is 1. The van der Waals surface area contributed by atoms with Crippen molar-refractivity contribution >= 4 is 17.2 Å². The van der Waals surface area contributed by atoms with Crippen LogP contribution < -0.4 is 5.32 Å². The Balaban J connectivity index is 2.48. The Morgan fingerprint density at radius 2 is 2.20 bits per heavy atom. The van der Waals surface area contributed by atoms with Crippen LogP contribution in [0.2, 0.25) is 0 Å². The molecule has 1 N–H and O–H groups in total. The average molecular weight is 241 g/mol. The molecule has 7 heteroatoms. The lowest BCUT2D eigenvalue weighted by Gasteiger charge is -2.15. The largest absolute Gasteiger partial charge is 0.345 e. The molecule has 0 atom stereocenters. The van der Waals surface area contributed by atoms with Crippen LogP contribution in [0, 0.1) is 0 Å². The van der Waals surface area contributed by atoms with E-state index in [0.29, 0.717) is 0 Å². The predicted molar refractivity (Wildman–Crippen MR) is 47.6 cm³/mol. The summed E-state index contributed by atoms with van der Waals surface area (Å²) in [5.41, 5.74) is 0. The van der Waals surface area contributed by atoms with Gasteiger partial charge in [0, 0.05) is 0 Å². The lowest BCUT2D eigenvalue weighted by Crippen LogP contribution is -2.41. The van der Waals surface area contributed by atoms with Gasteiger partial charge in [-0.05, 0) is 11.4 Å². The van der Waals surface area contributed by atoms with E-state index in [1.807, 2.05) is 0 Å². The second-order valence-corrected chi connectivity index (χ2v) is 3.67. The number of thiophene rings is 1. The fourth-order valence-electron chi connectivity index (χ4n) is 0.770. The van der Waals surface area contributed by atoms with Crippen LogP contribution in [-0.4, -0.2) is 24.8 Å². The predicted octanol–water partition coefficient (Wildman–Crippen LogP) is 2.38. The summed E-state index contributed by atoms with van der Waals surface area (Å²) in [6.45, 7) is -1.36. The van der Waals surface area contributed by atoms with Crippen LogP contribution in [0.5, 0.6) is 0 Å². The van der Waals surface area contributed by atoms with Gasteiger partial charge in [-0.1, -0.05) is 6.07 Å². The third-order valence-electron chi connectivity index (χ3n) is 1.55. The van der Waals surface area contributed by atoms with Crippen LogP contribution in [0.4, 0.5) is 17.6 Å². The van der Waals surface area contributed by atoms with Crippen molar-refractivity contribution in [2.75, 3.05) is 6.54 Å². The first-order chi connectivity index (χ1) is 6.93. The molecule has 0 aliphatic heterocycles. The summed E-state index contributed by atoms with van der Waals surface area (Å²) in [4.78, 5) is 11.3. The van der Waals surface area contributed by atoms with E-state index < -0.39 is 24.8 Å². The standard InChI is InChI=1S/C8H7F4NOS/c9-7(10)8(11,12)4-13-6(14)5-2-1-3-15-5/h1-3,7H,4H2,(H,13,14). The van der Waals surface area contributed by atoms with Crippen molar-refractivity contribution in [3.63, 3.8) is 0 Å². The molecule has 0 aliphatic carbocycles. The van der Waals surface area contributed by atoms with E-state index in [9.17, 15) is 22.4 Å². The second-order valence-electron chi connectivity index (χ2n) is 2.72. The van der Waals surface area contributed by atoms with Crippen molar-refractivity contribution in [1.82, 2.24) is 5.32 Å². The summed E-state index contributed by atoms with van der Waals surface area (Å²) in [7, 11) is 0. The minimum atomic E-state index is -4.19. The molecule has 1 amide bonds. The fourth-order valence-corrected chi connectivity index (χ4v) is 1.41. The van der Waals surface area contributed by atoms with Gasteiger partial charge in [0.15, 0.2) is 0 Å². The van der Waals surface area contributed by atoms with Crippen LogP contribution in [0.1, 0.15) is 9.67 Å². The molecule has 1 aromatic rings. The molecule has 1 rings (SSSR count). The molecule has 0 radical (unpaired) electrons. The maximum atomic E-state index is 12.4. The van der Waals surface area contributed by atoms with Crippen molar-refractivity contribution in [3.05, 3.63) is 22.4 Å². The zero-order chi connectivity index (χ0) is 11.5. The van der Waals surface area contributed by atoms with E-state index in [-0.39, 0.29) is 4.88 Å². The normalized spacial score (nSPS) is 11.8. The van der Waals surface area contributed by atoms with Crippen LogP contribution in [0.25, 0.3) is 0 Å². The number of amides is 1. The molecule has 0 aromatic carbocycles. The van der Waals surface area contributed by atoms with Gasteiger partial charge in [-0.15, -0.1) is 11.3 Å². The Morgan fingerprint density at radius 3 is 2.67 bits per heavy atom. The zero-order valence-corrected chi connectivity index (χ0v) is 8.16.